The fourth-order valence-electron chi connectivity index (χ4n) is 3.59. The van der Waals surface area contributed by atoms with Gasteiger partial charge in [-0.3, -0.25) is 4.79 Å². The number of likely N-dealkylation sites (tertiary alicyclic amines) is 1. The van der Waals surface area contributed by atoms with Crippen LogP contribution in [0.1, 0.15) is 29.0 Å². The quantitative estimate of drug-likeness (QED) is 0.742. The number of amides is 1. The van der Waals surface area contributed by atoms with Crippen LogP contribution in [0.5, 0.6) is 0 Å². The highest BCUT2D eigenvalue weighted by Crippen LogP contribution is 2.19. The summed E-state index contributed by atoms with van der Waals surface area (Å²) in [6.45, 7) is 3.10. The highest BCUT2D eigenvalue weighted by molar-refractivity contribution is 6.30. The van der Waals surface area contributed by atoms with Crippen LogP contribution < -0.4 is 10.2 Å². The van der Waals surface area contributed by atoms with E-state index in [2.05, 4.69) is 17.4 Å². The first-order valence-electron chi connectivity index (χ1n) is 9.05. The molecule has 1 aromatic heterocycles. The zero-order chi connectivity index (χ0) is 17.9. The molecule has 134 valence electrons. The number of fused-ring (bicyclic) bond motifs is 1. The number of nitrogens with one attached hydrogen (secondary N) is 2. The van der Waals surface area contributed by atoms with Crippen molar-refractivity contribution in [3.63, 3.8) is 0 Å². The van der Waals surface area contributed by atoms with Crippen LogP contribution >= 0.6 is 11.6 Å². The lowest BCUT2D eigenvalue weighted by molar-refractivity contribution is -0.918. The van der Waals surface area contributed by atoms with Crippen LogP contribution in [0.15, 0.2) is 59.0 Å². The Morgan fingerprint density at radius 3 is 2.58 bits per heavy atom. The van der Waals surface area contributed by atoms with Gasteiger partial charge in [0.25, 0.3) is 5.91 Å². The number of para-hydroxylation sites is 1. The number of rotatable bonds is 4. The van der Waals surface area contributed by atoms with E-state index >= 15 is 0 Å². The van der Waals surface area contributed by atoms with Crippen molar-refractivity contribution in [3.8, 4) is 0 Å². The van der Waals surface area contributed by atoms with Crippen molar-refractivity contribution in [2.75, 3.05) is 13.1 Å². The third-order valence-electron chi connectivity index (χ3n) is 5.04. The third-order valence-corrected chi connectivity index (χ3v) is 5.30. The number of quaternary nitrogens is 1. The molecule has 0 radical (unpaired) electrons. The van der Waals surface area contributed by atoms with Gasteiger partial charge in [0.1, 0.15) is 12.1 Å². The molecule has 26 heavy (non-hydrogen) atoms. The molecule has 0 aliphatic carbocycles. The lowest BCUT2D eigenvalue weighted by Crippen LogP contribution is -3.12. The smallest absolute Gasteiger partial charge is 0.287 e. The van der Waals surface area contributed by atoms with E-state index < -0.39 is 0 Å². The number of carbonyl (C=O) groups excluding carboxylic acids is 1. The number of halogens is 1. The molecule has 4 nitrogen and oxygen atoms in total. The maximum Gasteiger partial charge on any atom is 0.287 e. The predicted molar refractivity (Wildman–Crippen MR) is 103 cm³/mol. The second-order valence-corrected chi connectivity index (χ2v) is 7.39. The molecule has 1 amide bonds. The van der Waals surface area contributed by atoms with E-state index in [4.69, 9.17) is 16.0 Å². The van der Waals surface area contributed by atoms with Crippen LogP contribution in [0.25, 0.3) is 11.0 Å². The Morgan fingerprint density at radius 2 is 1.85 bits per heavy atom. The molecule has 2 aromatic carbocycles. The van der Waals surface area contributed by atoms with Crippen molar-refractivity contribution < 1.29 is 14.1 Å². The van der Waals surface area contributed by atoms with Gasteiger partial charge in [0.2, 0.25) is 0 Å². The van der Waals surface area contributed by atoms with Gasteiger partial charge in [-0.25, -0.2) is 0 Å². The number of benzene rings is 2. The third kappa shape index (κ3) is 3.92. The molecule has 5 heteroatoms. The van der Waals surface area contributed by atoms with Crippen molar-refractivity contribution in [1.82, 2.24) is 5.32 Å². The first-order valence-corrected chi connectivity index (χ1v) is 9.42. The summed E-state index contributed by atoms with van der Waals surface area (Å²) >= 11 is 5.94. The molecule has 1 aliphatic rings. The van der Waals surface area contributed by atoms with Crippen LogP contribution in [-0.2, 0) is 6.54 Å². The van der Waals surface area contributed by atoms with Crippen molar-refractivity contribution in [2.24, 2.45) is 0 Å². The summed E-state index contributed by atoms with van der Waals surface area (Å²) in [5.41, 5.74) is 2.05. The topological polar surface area (TPSA) is 46.7 Å². The number of furan rings is 1. The number of hydrogen-bond acceptors (Lipinski definition) is 2. The number of carbonyl (C=O) groups is 1. The molecular formula is C21H22ClN2O2+. The zero-order valence-corrected chi connectivity index (χ0v) is 15.3. The Balaban J connectivity index is 1.30. The second-order valence-electron chi connectivity index (χ2n) is 6.95. The Bertz CT molecular complexity index is 863. The maximum atomic E-state index is 12.5. The van der Waals surface area contributed by atoms with Gasteiger partial charge in [-0.2, -0.15) is 0 Å². The summed E-state index contributed by atoms with van der Waals surface area (Å²) in [7, 11) is 0. The minimum Gasteiger partial charge on any atom is -0.451 e. The lowest BCUT2D eigenvalue weighted by Gasteiger charge is -2.29. The van der Waals surface area contributed by atoms with Gasteiger partial charge in [0.05, 0.1) is 13.1 Å². The molecule has 1 aliphatic heterocycles. The van der Waals surface area contributed by atoms with Crippen LogP contribution in [0.2, 0.25) is 5.02 Å². The normalized spacial score (nSPS) is 20.2. The SMILES string of the molecule is O=C(NC1CC[NH+](Cc2ccc(Cl)cc2)CC1)c1cc2ccccc2o1. The summed E-state index contributed by atoms with van der Waals surface area (Å²) in [6, 6.07) is 17.8. The molecule has 0 spiro atoms. The molecule has 0 unspecified atom stereocenters. The Hall–Kier alpha value is -2.30. The average molecular weight is 370 g/mol. The van der Waals surface area contributed by atoms with Crippen LogP contribution in [0.3, 0.4) is 0 Å². The van der Waals surface area contributed by atoms with Crippen molar-refractivity contribution in [3.05, 3.63) is 70.9 Å². The fourth-order valence-corrected chi connectivity index (χ4v) is 3.71. The van der Waals surface area contributed by atoms with E-state index in [1.807, 2.05) is 42.5 Å². The molecule has 0 atom stereocenters. The minimum atomic E-state index is -0.118. The van der Waals surface area contributed by atoms with E-state index in [1.165, 1.54) is 5.56 Å². The van der Waals surface area contributed by atoms with Gasteiger partial charge in [0, 0.05) is 34.9 Å². The lowest BCUT2D eigenvalue weighted by atomic mass is 10.0. The largest absolute Gasteiger partial charge is 0.451 e. The monoisotopic (exact) mass is 369 g/mol. The van der Waals surface area contributed by atoms with Crippen molar-refractivity contribution in [1.29, 1.82) is 0 Å². The van der Waals surface area contributed by atoms with E-state index in [-0.39, 0.29) is 11.9 Å². The van der Waals surface area contributed by atoms with Gasteiger partial charge in [-0.05, 0) is 24.3 Å². The average Bonchev–Trinajstić information content (AvgIpc) is 3.10. The number of piperidine rings is 1. The molecule has 1 fully saturated rings. The van der Waals surface area contributed by atoms with Crippen LogP contribution in [0.4, 0.5) is 0 Å². The highest BCUT2D eigenvalue weighted by atomic mass is 35.5. The summed E-state index contributed by atoms with van der Waals surface area (Å²) in [5.74, 6) is 0.273. The summed E-state index contributed by atoms with van der Waals surface area (Å²) in [5, 5.41) is 4.86. The fraction of sp³-hybridized carbons (Fsp3) is 0.286. The molecule has 3 aromatic rings. The molecule has 0 saturated carbocycles. The Morgan fingerprint density at radius 1 is 1.12 bits per heavy atom. The second kappa shape index (κ2) is 7.52. The molecule has 1 saturated heterocycles. The van der Waals surface area contributed by atoms with E-state index in [0.717, 1.165) is 48.5 Å². The standard InChI is InChI=1S/C21H21ClN2O2/c22-17-7-5-15(6-8-17)14-24-11-9-18(10-12-24)23-21(25)20-13-16-3-1-2-4-19(16)26-20/h1-8,13,18H,9-12,14H2,(H,23,25)/p+1. The summed E-state index contributed by atoms with van der Waals surface area (Å²) in [4.78, 5) is 14.0. The molecule has 0 bridgehead atoms. The van der Waals surface area contributed by atoms with Gasteiger partial charge >= 0.3 is 0 Å². The summed E-state index contributed by atoms with van der Waals surface area (Å²) < 4.78 is 5.65. The van der Waals surface area contributed by atoms with Crippen LogP contribution in [0, 0.1) is 0 Å². The van der Waals surface area contributed by atoms with E-state index in [0.29, 0.717) is 5.76 Å². The van der Waals surface area contributed by atoms with E-state index in [9.17, 15) is 4.79 Å². The van der Waals surface area contributed by atoms with E-state index in [1.54, 1.807) is 4.90 Å². The molecule has 4 rings (SSSR count). The first-order chi connectivity index (χ1) is 12.7. The van der Waals surface area contributed by atoms with Crippen LogP contribution in [-0.4, -0.2) is 25.0 Å². The van der Waals surface area contributed by atoms with Crippen molar-refractivity contribution in [2.45, 2.75) is 25.4 Å². The Labute approximate surface area is 157 Å². The molecule has 2 heterocycles. The predicted octanol–water partition coefficient (Wildman–Crippen LogP) is 3.06. The van der Waals surface area contributed by atoms with Gasteiger partial charge in [0.15, 0.2) is 5.76 Å². The number of hydrogen-bond donors (Lipinski definition) is 2. The zero-order valence-electron chi connectivity index (χ0n) is 14.5. The first kappa shape index (κ1) is 17.1. The minimum absolute atomic E-state index is 0.118. The van der Waals surface area contributed by atoms with Gasteiger partial charge in [-0.1, -0.05) is 41.9 Å². The Kier molecular flexibility index (Phi) is 4.96. The summed E-state index contributed by atoms with van der Waals surface area (Å²) in [6.07, 6.45) is 1.96. The highest BCUT2D eigenvalue weighted by Gasteiger charge is 2.24. The maximum absolute atomic E-state index is 12.5. The van der Waals surface area contributed by atoms with Crippen molar-refractivity contribution >= 4 is 28.5 Å². The molecule has 2 N–H and O–H groups in total. The van der Waals surface area contributed by atoms with Gasteiger partial charge < -0.3 is 14.6 Å². The molecular weight excluding hydrogens is 348 g/mol. The van der Waals surface area contributed by atoms with Gasteiger partial charge in [-0.15, -0.1) is 0 Å².